The van der Waals surface area contributed by atoms with Gasteiger partial charge in [-0.2, -0.15) is 0 Å². The average Bonchev–Trinajstić information content (AvgIpc) is 0.881. The molecule has 0 aromatic heterocycles. The van der Waals surface area contributed by atoms with E-state index in [9.17, 15) is 0 Å². The summed E-state index contributed by atoms with van der Waals surface area (Å²) in [6.45, 7) is 30.6. The highest BCUT2D eigenvalue weighted by molar-refractivity contribution is 7.42. The zero-order valence-corrected chi connectivity index (χ0v) is 74.1. The molecule has 7 heteroatoms. The normalized spacial score (nSPS) is 12.0. The second-order valence-electron chi connectivity index (χ2n) is 34.4. The van der Waals surface area contributed by atoms with Crippen molar-refractivity contribution in [2.24, 2.45) is 0 Å². The molecule has 0 aromatic carbocycles. The van der Waals surface area contributed by atoms with Gasteiger partial charge in [-0.1, -0.05) is 466 Å². The standard InChI is InChI=1S/2C48H100N.H3O4P/c2*1-5-9-13-17-21-25-29-33-37-41-45-49(46-42-38-34-30-26-22-18-14-10-6-2,47-43-39-35-31-27-23-19-15-11-7-3)48-44-40-36-32-28-24-20-16-12-8-4;1-5(2,3)4/h2*5-48H2,1-4H3;(H3,1,2,3,4)/q2*+1;/p-2. The third kappa shape index (κ3) is 94.3. The number of nitrogens with zero attached hydrogens (tertiary/aromatic N) is 2. The van der Waals surface area contributed by atoms with Crippen molar-refractivity contribution in [2.75, 3.05) is 52.4 Å². The summed E-state index contributed by atoms with van der Waals surface area (Å²) in [5.41, 5.74) is 0. The van der Waals surface area contributed by atoms with E-state index in [1.807, 2.05) is 0 Å². The quantitative estimate of drug-likeness (QED) is 0.0374. The van der Waals surface area contributed by atoms with E-state index in [0.717, 1.165) is 0 Å². The molecule has 6 nitrogen and oxygen atoms in total. The first-order valence-corrected chi connectivity index (χ1v) is 50.4. The lowest BCUT2D eigenvalue weighted by atomic mass is 10.0. The van der Waals surface area contributed by atoms with Crippen LogP contribution >= 0.6 is 7.82 Å². The molecule has 0 spiro atoms. The van der Waals surface area contributed by atoms with Gasteiger partial charge in [0.25, 0.3) is 0 Å². The van der Waals surface area contributed by atoms with Crippen LogP contribution in [0.1, 0.15) is 569 Å². The Morgan fingerprint density at radius 2 is 0.214 bits per heavy atom. The highest BCUT2D eigenvalue weighted by Crippen LogP contribution is 2.26. The van der Waals surface area contributed by atoms with Crippen molar-refractivity contribution in [1.29, 1.82) is 0 Å². The van der Waals surface area contributed by atoms with E-state index in [4.69, 9.17) is 19.2 Å². The Bertz CT molecular complexity index is 1210. The summed E-state index contributed by atoms with van der Waals surface area (Å²) in [6, 6.07) is 0. The SMILES string of the molecule is CCCCCCCCCCCC[N+](CCCCCCCCCCCC)(CCCCCCCCCCCC)CCCCCCCCCCCC.CCCCCCCCCCCC[N+](CCCCCCCCCCCC)(CCCCCCCCCCCC)CCCCCCCCCCCC.O=P([O-])([O-])O. The molecule has 103 heavy (non-hydrogen) atoms. The fourth-order valence-corrected chi connectivity index (χ4v) is 16.8. The van der Waals surface area contributed by atoms with Gasteiger partial charge < -0.3 is 28.2 Å². The van der Waals surface area contributed by atoms with Crippen molar-refractivity contribution in [2.45, 2.75) is 569 Å². The van der Waals surface area contributed by atoms with Crippen molar-refractivity contribution in [3.63, 3.8) is 0 Å². The summed E-state index contributed by atoms with van der Waals surface area (Å²) in [7, 11) is -5.14. The third-order valence-corrected chi connectivity index (χ3v) is 23.9. The minimum Gasteiger partial charge on any atom is -0.790 e. The van der Waals surface area contributed by atoms with Crippen LogP contribution in [0.2, 0.25) is 0 Å². The molecule has 0 heterocycles. The van der Waals surface area contributed by atoms with Crippen molar-refractivity contribution < 1.29 is 28.2 Å². The summed E-state index contributed by atoms with van der Waals surface area (Å²) in [5, 5.41) is 0. The Morgan fingerprint density at radius 3 is 0.282 bits per heavy atom. The maximum atomic E-state index is 8.66. The van der Waals surface area contributed by atoms with Crippen molar-refractivity contribution >= 4 is 7.82 Å². The van der Waals surface area contributed by atoms with Crippen LogP contribution in [0.4, 0.5) is 0 Å². The van der Waals surface area contributed by atoms with Gasteiger partial charge in [-0.3, -0.25) is 0 Å². The van der Waals surface area contributed by atoms with Crippen molar-refractivity contribution in [1.82, 2.24) is 0 Å². The van der Waals surface area contributed by atoms with E-state index in [1.165, 1.54) is 575 Å². The molecule has 0 aliphatic carbocycles. The van der Waals surface area contributed by atoms with Gasteiger partial charge in [0.05, 0.1) is 60.2 Å². The van der Waals surface area contributed by atoms with Gasteiger partial charge >= 0.3 is 0 Å². The van der Waals surface area contributed by atoms with Crippen molar-refractivity contribution in [3.05, 3.63) is 0 Å². The molecule has 1 N–H and O–H groups in total. The van der Waals surface area contributed by atoms with Crippen LogP contribution in [0, 0.1) is 0 Å². The van der Waals surface area contributed by atoms with Gasteiger partial charge in [0, 0.05) is 0 Å². The minimum absolute atomic E-state index is 1.37. The van der Waals surface area contributed by atoms with Crippen LogP contribution in [0.15, 0.2) is 0 Å². The number of phosphoric acid groups is 1. The molecule has 0 amide bonds. The fraction of sp³-hybridized carbons (Fsp3) is 1.00. The summed E-state index contributed by atoms with van der Waals surface area (Å²) < 4.78 is 11.6. The Balaban J connectivity index is -0.00000182. The minimum atomic E-state index is -5.14. The maximum Gasteiger partial charge on any atom is 0.0786 e. The molecule has 0 unspecified atom stereocenters. The average molecular weight is 1480 g/mol. The lowest BCUT2D eigenvalue weighted by molar-refractivity contribution is -0.929. The predicted molar refractivity (Wildman–Crippen MR) is 464 cm³/mol. The highest BCUT2D eigenvalue weighted by atomic mass is 31.2. The van der Waals surface area contributed by atoms with Gasteiger partial charge in [-0.15, -0.1) is 0 Å². The zero-order valence-electron chi connectivity index (χ0n) is 73.2. The molecule has 0 aliphatic rings. The first kappa shape index (κ1) is 107. The highest BCUT2D eigenvalue weighted by Gasteiger charge is 2.27. The Labute approximate surface area is 653 Å². The Kier molecular flexibility index (Phi) is 96.4. The molecule has 0 rings (SSSR count). The first-order chi connectivity index (χ1) is 50.5. The number of unbranched alkanes of at least 4 members (excludes halogenated alkanes) is 72. The van der Waals surface area contributed by atoms with Crippen LogP contribution in [0.5, 0.6) is 0 Å². The molecule has 0 aromatic rings. The molecular weight excluding hydrogens is 1280 g/mol. The number of hydrogen-bond acceptors (Lipinski definition) is 3. The molecule has 0 fully saturated rings. The molecule has 0 radical (unpaired) electrons. The van der Waals surface area contributed by atoms with E-state index >= 15 is 0 Å². The van der Waals surface area contributed by atoms with Crippen LogP contribution in [-0.4, -0.2) is 66.2 Å². The molecule has 0 atom stereocenters. The summed E-state index contributed by atoms with van der Waals surface area (Å²) in [4.78, 5) is 24.3. The number of quaternary nitrogens is 2. The van der Waals surface area contributed by atoms with Crippen molar-refractivity contribution in [3.8, 4) is 0 Å². The zero-order chi connectivity index (χ0) is 75.7. The molecule has 0 saturated carbocycles. The first-order valence-electron chi connectivity index (χ1n) is 48.9. The third-order valence-electron chi connectivity index (χ3n) is 23.9. The second kappa shape index (κ2) is 92.6. The van der Waals surface area contributed by atoms with E-state index in [1.54, 1.807) is 0 Å². The molecular formula is C96H201N2O4P. The van der Waals surface area contributed by atoms with E-state index in [2.05, 4.69) is 55.4 Å². The summed E-state index contributed by atoms with van der Waals surface area (Å²) in [5.74, 6) is 0. The van der Waals surface area contributed by atoms with Crippen LogP contribution < -0.4 is 9.79 Å². The summed E-state index contributed by atoms with van der Waals surface area (Å²) >= 11 is 0. The van der Waals surface area contributed by atoms with Gasteiger partial charge in [-0.05, 0) is 103 Å². The summed E-state index contributed by atoms with van der Waals surface area (Å²) in [6.07, 6.45) is 117. The second-order valence-corrected chi connectivity index (χ2v) is 35.3. The smallest absolute Gasteiger partial charge is 0.0786 e. The topological polar surface area (TPSA) is 83.4 Å². The van der Waals surface area contributed by atoms with Gasteiger partial charge in [0.1, 0.15) is 0 Å². The van der Waals surface area contributed by atoms with Crippen LogP contribution in [0.25, 0.3) is 0 Å². The predicted octanol–water partition coefficient (Wildman–Crippen LogP) is 32.8. The largest absolute Gasteiger partial charge is 0.790 e. The Morgan fingerprint density at radius 1 is 0.155 bits per heavy atom. The fourth-order valence-electron chi connectivity index (χ4n) is 16.8. The molecule has 0 saturated heterocycles. The van der Waals surface area contributed by atoms with Gasteiger partial charge in [0.15, 0.2) is 0 Å². The maximum absolute atomic E-state index is 8.66. The number of hydrogen-bond donors (Lipinski definition) is 1. The van der Waals surface area contributed by atoms with E-state index < -0.39 is 7.82 Å². The van der Waals surface area contributed by atoms with Gasteiger partial charge in [-0.25, -0.2) is 0 Å². The van der Waals surface area contributed by atoms with Crippen LogP contribution in [-0.2, 0) is 4.57 Å². The van der Waals surface area contributed by atoms with Crippen LogP contribution in [0.3, 0.4) is 0 Å². The molecule has 0 aliphatic heterocycles. The molecule has 624 valence electrons. The van der Waals surface area contributed by atoms with E-state index in [0.29, 0.717) is 0 Å². The van der Waals surface area contributed by atoms with Gasteiger partial charge in [0.2, 0.25) is 0 Å². The lowest BCUT2D eigenvalue weighted by Gasteiger charge is -2.40. The number of rotatable bonds is 88. The molecule has 0 bridgehead atoms. The monoisotopic (exact) mass is 1480 g/mol. The van der Waals surface area contributed by atoms with E-state index in [-0.39, 0.29) is 0 Å². The Hall–Kier alpha value is 0.0300. The lowest BCUT2D eigenvalue weighted by Crippen LogP contribution is -2.50.